The minimum Gasteiger partial charge on any atom is -0.262 e. The normalized spacial score (nSPS) is 11.9. The van der Waals surface area contributed by atoms with Crippen LogP contribution in [0.25, 0.3) is 11.0 Å². The fraction of sp³-hybridized carbons (Fsp3) is 0.125. The van der Waals surface area contributed by atoms with Gasteiger partial charge < -0.3 is 0 Å². The van der Waals surface area contributed by atoms with Crippen LogP contribution in [0.2, 0.25) is 0 Å². The molecule has 2 aromatic heterocycles. The van der Waals surface area contributed by atoms with E-state index in [2.05, 4.69) is 15.0 Å². The maximum absolute atomic E-state index is 12.2. The van der Waals surface area contributed by atoms with Crippen LogP contribution in [-0.2, 0) is 6.18 Å². The van der Waals surface area contributed by atoms with Crippen molar-refractivity contribution in [2.75, 3.05) is 0 Å². The van der Waals surface area contributed by atoms with E-state index in [9.17, 15) is 13.2 Å². The molecule has 2 aromatic rings. The van der Waals surface area contributed by atoms with Crippen molar-refractivity contribution in [1.29, 1.82) is 0 Å². The number of alkyl halides is 3. The molecule has 0 aliphatic heterocycles. The van der Waals surface area contributed by atoms with Crippen LogP contribution in [0.1, 0.15) is 5.69 Å². The molecule has 0 saturated heterocycles. The number of pyridine rings is 1. The maximum atomic E-state index is 12.2. The van der Waals surface area contributed by atoms with Crippen LogP contribution in [0.4, 0.5) is 13.2 Å². The second-order valence-corrected chi connectivity index (χ2v) is 2.62. The van der Waals surface area contributed by atoms with Crippen molar-refractivity contribution in [2.45, 2.75) is 6.18 Å². The summed E-state index contributed by atoms with van der Waals surface area (Å²) >= 11 is 0. The van der Waals surface area contributed by atoms with Crippen molar-refractivity contribution in [3.8, 4) is 0 Å². The number of fused-ring (bicyclic) bond motifs is 1. The number of hydrogen-bond acceptors (Lipinski definition) is 3. The van der Waals surface area contributed by atoms with Gasteiger partial charge in [-0.1, -0.05) is 0 Å². The number of hydrogen-bond donors (Lipinski definition) is 0. The van der Waals surface area contributed by atoms with E-state index in [-0.39, 0.29) is 5.52 Å². The highest BCUT2D eigenvalue weighted by atomic mass is 19.4. The van der Waals surface area contributed by atoms with Gasteiger partial charge in [0.15, 0.2) is 5.69 Å². The highest BCUT2D eigenvalue weighted by Gasteiger charge is 2.32. The summed E-state index contributed by atoms with van der Waals surface area (Å²) in [5.74, 6) is 0. The topological polar surface area (TPSA) is 38.7 Å². The molecule has 0 spiro atoms. The molecule has 2 rings (SSSR count). The summed E-state index contributed by atoms with van der Waals surface area (Å²) in [6, 6.07) is 1.39. The average Bonchev–Trinajstić information content (AvgIpc) is 2.16. The monoisotopic (exact) mass is 199 g/mol. The molecule has 0 atom stereocenters. The molecule has 0 radical (unpaired) electrons. The van der Waals surface area contributed by atoms with E-state index in [0.717, 1.165) is 0 Å². The maximum Gasteiger partial charge on any atom is 0.434 e. The van der Waals surface area contributed by atoms with Gasteiger partial charge in [-0.3, -0.25) is 9.97 Å². The summed E-state index contributed by atoms with van der Waals surface area (Å²) in [5, 5.41) is 0. The SMILES string of the molecule is FC(F)(F)c1cnc2cnccc2n1. The van der Waals surface area contributed by atoms with Crippen LogP contribution >= 0.6 is 0 Å². The Morgan fingerprint density at radius 1 is 1.07 bits per heavy atom. The minimum absolute atomic E-state index is 0.190. The Bertz CT molecular complexity index is 467. The Balaban J connectivity index is 2.63. The van der Waals surface area contributed by atoms with E-state index in [1.165, 1.54) is 18.5 Å². The summed E-state index contributed by atoms with van der Waals surface area (Å²) in [4.78, 5) is 10.7. The fourth-order valence-corrected chi connectivity index (χ4v) is 0.999. The molecule has 0 unspecified atom stereocenters. The largest absolute Gasteiger partial charge is 0.434 e. The lowest BCUT2D eigenvalue weighted by Gasteiger charge is -2.04. The van der Waals surface area contributed by atoms with Gasteiger partial charge in [0.1, 0.15) is 5.52 Å². The molecule has 3 nitrogen and oxygen atoms in total. The molecule has 14 heavy (non-hydrogen) atoms. The first kappa shape index (κ1) is 8.86. The van der Waals surface area contributed by atoms with Crippen LogP contribution in [0.15, 0.2) is 24.7 Å². The predicted octanol–water partition coefficient (Wildman–Crippen LogP) is 2.04. The quantitative estimate of drug-likeness (QED) is 0.651. The molecule has 6 heteroatoms. The van der Waals surface area contributed by atoms with Gasteiger partial charge in [0.25, 0.3) is 0 Å². The number of aromatic nitrogens is 3. The fourth-order valence-electron chi connectivity index (χ4n) is 0.999. The van der Waals surface area contributed by atoms with Crippen molar-refractivity contribution in [3.05, 3.63) is 30.4 Å². The van der Waals surface area contributed by atoms with Gasteiger partial charge in [-0.2, -0.15) is 13.2 Å². The zero-order valence-corrected chi connectivity index (χ0v) is 6.78. The van der Waals surface area contributed by atoms with Crippen molar-refractivity contribution >= 4 is 11.0 Å². The van der Waals surface area contributed by atoms with E-state index in [1.54, 1.807) is 0 Å². The Kier molecular flexibility index (Phi) is 1.83. The summed E-state index contributed by atoms with van der Waals surface area (Å²) in [7, 11) is 0. The molecule has 0 amide bonds. The van der Waals surface area contributed by atoms with E-state index >= 15 is 0 Å². The Hall–Kier alpha value is -1.72. The van der Waals surface area contributed by atoms with Gasteiger partial charge in [-0.25, -0.2) is 4.98 Å². The van der Waals surface area contributed by atoms with E-state index in [1.807, 2.05) is 0 Å². The van der Waals surface area contributed by atoms with E-state index in [4.69, 9.17) is 0 Å². The zero-order valence-electron chi connectivity index (χ0n) is 6.78. The highest BCUT2D eigenvalue weighted by molar-refractivity contribution is 5.72. The van der Waals surface area contributed by atoms with Gasteiger partial charge in [0.05, 0.1) is 17.9 Å². The standard InChI is InChI=1S/C8H4F3N3/c9-8(10,11)7-4-13-6-3-12-2-1-5(6)14-7/h1-4H. The van der Waals surface area contributed by atoms with Gasteiger partial charge in [-0.15, -0.1) is 0 Å². The average molecular weight is 199 g/mol. The molecule has 0 fully saturated rings. The van der Waals surface area contributed by atoms with Gasteiger partial charge in [-0.05, 0) is 6.07 Å². The second kappa shape index (κ2) is 2.90. The third kappa shape index (κ3) is 1.50. The molecule has 2 heterocycles. The molecule has 0 aromatic carbocycles. The molecular weight excluding hydrogens is 195 g/mol. The Morgan fingerprint density at radius 2 is 1.86 bits per heavy atom. The van der Waals surface area contributed by atoms with E-state index in [0.29, 0.717) is 11.7 Å². The van der Waals surface area contributed by atoms with Crippen molar-refractivity contribution in [2.24, 2.45) is 0 Å². The number of halogens is 3. The molecule has 0 aliphatic carbocycles. The summed E-state index contributed by atoms with van der Waals surface area (Å²) < 4.78 is 36.6. The van der Waals surface area contributed by atoms with Crippen LogP contribution in [0.3, 0.4) is 0 Å². The lowest BCUT2D eigenvalue weighted by atomic mass is 10.3. The second-order valence-electron chi connectivity index (χ2n) is 2.62. The van der Waals surface area contributed by atoms with Crippen molar-refractivity contribution in [3.63, 3.8) is 0 Å². The predicted molar refractivity (Wildman–Crippen MR) is 42.3 cm³/mol. The minimum atomic E-state index is -4.45. The Morgan fingerprint density at radius 3 is 2.57 bits per heavy atom. The van der Waals surface area contributed by atoms with Gasteiger partial charge >= 0.3 is 6.18 Å². The summed E-state index contributed by atoms with van der Waals surface area (Å²) in [5.41, 5.74) is -0.452. The van der Waals surface area contributed by atoms with Crippen LogP contribution < -0.4 is 0 Å². The number of rotatable bonds is 0. The van der Waals surface area contributed by atoms with Crippen LogP contribution in [0.5, 0.6) is 0 Å². The first-order valence-electron chi connectivity index (χ1n) is 3.71. The zero-order chi connectivity index (χ0) is 10.2. The molecule has 0 bridgehead atoms. The summed E-state index contributed by atoms with van der Waals surface area (Å²) in [6.45, 7) is 0. The van der Waals surface area contributed by atoms with Crippen molar-refractivity contribution < 1.29 is 13.2 Å². The molecular formula is C8H4F3N3. The first-order chi connectivity index (χ1) is 6.57. The van der Waals surface area contributed by atoms with Gasteiger partial charge in [0, 0.05) is 6.20 Å². The third-order valence-corrected chi connectivity index (χ3v) is 1.63. The molecule has 0 N–H and O–H groups in total. The van der Waals surface area contributed by atoms with Gasteiger partial charge in [0.2, 0.25) is 0 Å². The summed E-state index contributed by atoms with van der Waals surface area (Å²) in [6.07, 6.45) is -1.02. The lowest BCUT2D eigenvalue weighted by molar-refractivity contribution is -0.141. The lowest BCUT2D eigenvalue weighted by Crippen LogP contribution is -2.08. The molecule has 72 valence electrons. The van der Waals surface area contributed by atoms with E-state index < -0.39 is 11.9 Å². The highest BCUT2D eigenvalue weighted by Crippen LogP contribution is 2.27. The molecule has 0 saturated carbocycles. The van der Waals surface area contributed by atoms with Crippen molar-refractivity contribution in [1.82, 2.24) is 15.0 Å². The Labute approximate surface area is 76.6 Å². The first-order valence-corrected chi connectivity index (χ1v) is 3.71. The smallest absolute Gasteiger partial charge is 0.262 e. The third-order valence-electron chi connectivity index (χ3n) is 1.63. The van der Waals surface area contributed by atoms with Crippen LogP contribution in [0, 0.1) is 0 Å². The van der Waals surface area contributed by atoms with Crippen LogP contribution in [-0.4, -0.2) is 15.0 Å². The molecule has 0 aliphatic rings. The number of nitrogens with zero attached hydrogens (tertiary/aromatic N) is 3.